The highest BCUT2D eigenvalue weighted by Crippen LogP contribution is 2.28. The number of piperidine rings is 1. The first-order valence-corrected chi connectivity index (χ1v) is 8.93. The maximum absolute atomic E-state index is 12.4. The summed E-state index contributed by atoms with van der Waals surface area (Å²) in [4.78, 5) is 25.5. The van der Waals surface area contributed by atoms with E-state index in [1.807, 2.05) is 24.3 Å². The number of amides is 2. The second-order valence-corrected chi connectivity index (χ2v) is 6.89. The molecule has 0 atom stereocenters. The first-order valence-electron chi connectivity index (χ1n) is 8.11. The van der Waals surface area contributed by atoms with E-state index in [0.29, 0.717) is 31.1 Å². The maximum Gasteiger partial charge on any atom is 0.229 e. The molecule has 0 saturated carbocycles. The summed E-state index contributed by atoms with van der Waals surface area (Å²) < 4.78 is 5.14. The Morgan fingerprint density at radius 1 is 1.20 bits per heavy atom. The van der Waals surface area contributed by atoms with Gasteiger partial charge in [-0.1, -0.05) is 11.3 Å². The van der Waals surface area contributed by atoms with Crippen LogP contribution in [0.2, 0.25) is 0 Å². The fourth-order valence-electron chi connectivity index (χ4n) is 2.79. The Labute approximate surface area is 150 Å². The molecule has 1 aliphatic rings. The van der Waals surface area contributed by atoms with E-state index in [-0.39, 0.29) is 17.7 Å². The molecule has 2 heterocycles. The summed E-state index contributed by atoms with van der Waals surface area (Å²) in [6.07, 6.45) is 1.35. The summed E-state index contributed by atoms with van der Waals surface area (Å²) in [5, 5.41) is 12.3. The Hall–Kier alpha value is -2.48. The maximum atomic E-state index is 12.4. The van der Waals surface area contributed by atoms with Gasteiger partial charge in [0.1, 0.15) is 10.8 Å². The van der Waals surface area contributed by atoms with Crippen molar-refractivity contribution in [2.24, 2.45) is 5.92 Å². The summed E-state index contributed by atoms with van der Waals surface area (Å²) in [5.41, 5.74) is 0.925. The topological polar surface area (TPSA) is 84.4 Å². The van der Waals surface area contributed by atoms with Crippen molar-refractivity contribution >= 4 is 28.3 Å². The molecule has 1 saturated heterocycles. The van der Waals surface area contributed by atoms with Crippen molar-refractivity contribution in [3.8, 4) is 16.3 Å². The Morgan fingerprint density at radius 3 is 2.48 bits per heavy atom. The van der Waals surface area contributed by atoms with Gasteiger partial charge >= 0.3 is 0 Å². The van der Waals surface area contributed by atoms with Gasteiger partial charge in [-0.05, 0) is 37.1 Å². The summed E-state index contributed by atoms with van der Waals surface area (Å²) in [6.45, 7) is 2.81. The Kier molecular flexibility index (Phi) is 5.28. The molecule has 1 fully saturated rings. The average Bonchev–Trinajstić information content (AvgIpc) is 3.10. The van der Waals surface area contributed by atoms with Gasteiger partial charge in [-0.15, -0.1) is 10.2 Å². The van der Waals surface area contributed by atoms with Gasteiger partial charge in [0, 0.05) is 31.5 Å². The number of anilines is 1. The van der Waals surface area contributed by atoms with Crippen LogP contribution < -0.4 is 10.1 Å². The van der Waals surface area contributed by atoms with E-state index in [4.69, 9.17) is 4.74 Å². The van der Waals surface area contributed by atoms with Gasteiger partial charge in [-0.25, -0.2) is 0 Å². The van der Waals surface area contributed by atoms with Crippen LogP contribution in [0.4, 0.5) is 5.13 Å². The number of benzene rings is 1. The Morgan fingerprint density at radius 2 is 1.88 bits per heavy atom. The van der Waals surface area contributed by atoms with Crippen LogP contribution in [-0.2, 0) is 9.59 Å². The Bertz CT molecular complexity index is 752. The normalized spacial score (nSPS) is 15.0. The van der Waals surface area contributed by atoms with E-state index in [2.05, 4.69) is 15.5 Å². The molecular formula is C17H20N4O3S. The van der Waals surface area contributed by atoms with Gasteiger partial charge in [0.25, 0.3) is 0 Å². The van der Waals surface area contributed by atoms with Crippen LogP contribution >= 0.6 is 11.3 Å². The SMILES string of the molecule is COc1ccc(-c2nnc(NC(=O)C3CCN(C(C)=O)CC3)s2)cc1. The molecule has 25 heavy (non-hydrogen) atoms. The third-order valence-corrected chi connectivity index (χ3v) is 5.19. The van der Waals surface area contributed by atoms with Gasteiger partial charge in [-0.2, -0.15) is 0 Å². The number of hydrogen-bond acceptors (Lipinski definition) is 6. The average molecular weight is 360 g/mol. The molecule has 7 nitrogen and oxygen atoms in total. The molecule has 2 aromatic rings. The number of ether oxygens (including phenoxy) is 1. The van der Waals surface area contributed by atoms with E-state index >= 15 is 0 Å². The predicted molar refractivity (Wildman–Crippen MR) is 95.5 cm³/mol. The van der Waals surface area contributed by atoms with Crippen LogP contribution in [0.5, 0.6) is 5.75 Å². The van der Waals surface area contributed by atoms with E-state index in [0.717, 1.165) is 16.3 Å². The second kappa shape index (κ2) is 7.60. The number of hydrogen-bond donors (Lipinski definition) is 1. The molecule has 8 heteroatoms. The van der Waals surface area contributed by atoms with E-state index < -0.39 is 0 Å². The first kappa shape index (κ1) is 17.3. The summed E-state index contributed by atoms with van der Waals surface area (Å²) >= 11 is 1.34. The van der Waals surface area contributed by atoms with Crippen molar-refractivity contribution in [1.29, 1.82) is 0 Å². The monoisotopic (exact) mass is 360 g/mol. The molecular weight excluding hydrogens is 340 g/mol. The number of nitrogens with zero attached hydrogens (tertiary/aromatic N) is 3. The standard InChI is InChI=1S/C17H20N4O3S/c1-11(22)21-9-7-12(8-10-21)15(23)18-17-20-19-16(25-17)13-3-5-14(24-2)6-4-13/h3-6,12H,7-10H2,1-2H3,(H,18,20,23). The number of rotatable bonds is 4. The molecule has 2 amide bonds. The summed E-state index contributed by atoms with van der Waals surface area (Å²) in [6, 6.07) is 7.53. The number of nitrogens with one attached hydrogen (secondary N) is 1. The lowest BCUT2D eigenvalue weighted by Gasteiger charge is -2.30. The quantitative estimate of drug-likeness (QED) is 0.905. The zero-order chi connectivity index (χ0) is 17.8. The second-order valence-electron chi connectivity index (χ2n) is 5.91. The molecule has 1 N–H and O–H groups in total. The van der Waals surface area contributed by atoms with Crippen molar-refractivity contribution in [2.75, 3.05) is 25.5 Å². The number of carbonyl (C=O) groups is 2. The van der Waals surface area contributed by atoms with Gasteiger partial charge in [0.2, 0.25) is 16.9 Å². The minimum atomic E-state index is -0.0936. The lowest BCUT2D eigenvalue weighted by Crippen LogP contribution is -2.40. The fourth-order valence-corrected chi connectivity index (χ4v) is 3.54. The van der Waals surface area contributed by atoms with Crippen molar-refractivity contribution in [3.63, 3.8) is 0 Å². The zero-order valence-corrected chi connectivity index (χ0v) is 15.0. The van der Waals surface area contributed by atoms with Gasteiger partial charge in [0.15, 0.2) is 0 Å². The Balaban J connectivity index is 1.59. The molecule has 0 radical (unpaired) electrons. The van der Waals surface area contributed by atoms with Gasteiger partial charge < -0.3 is 15.0 Å². The molecule has 132 valence electrons. The number of aromatic nitrogens is 2. The molecule has 0 unspecified atom stereocenters. The highest BCUT2D eigenvalue weighted by atomic mass is 32.1. The lowest BCUT2D eigenvalue weighted by atomic mass is 9.96. The number of likely N-dealkylation sites (tertiary alicyclic amines) is 1. The summed E-state index contributed by atoms with van der Waals surface area (Å²) in [7, 11) is 1.62. The number of carbonyl (C=O) groups excluding carboxylic acids is 2. The van der Waals surface area contributed by atoms with Crippen LogP contribution in [0.1, 0.15) is 19.8 Å². The molecule has 1 aliphatic heterocycles. The molecule has 0 aliphatic carbocycles. The van der Waals surface area contributed by atoms with E-state index in [1.54, 1.807) is 18.9 Å². The molecule has 0 bridgehead atoms. The third kappa shape index (κ3) is 4.14. The van der Waals surface area contributed by atoms with Gasteiger partial charge in [-0.3, -0.25) is 9.59 Å². The van der Waals surface area contributed by atoms with Crippen molar-refractivity contribution < 1.29 is 14.3 Å². The number of methoxy groups -OCH3 is 1. The minimum absolute atomic E-state index is 0.0550. The molecule has 1 aromatic heterocycles. The predicted octanol–water partition coefficient (Wildman–Crippen LogP) is 2.41. The van der Waals surface area contributed by atoms with E-state index in [1.165, 1.54) is 11.3 Å². The van der Waals surface area contributed by atoms with Crippen LogP contribution in [0.15, 0.2) is 24.3 Å². The first-order chi connectivity index (χ1) is 12.1. The molecule has 0 spiro atoms. The third-order valence-electron chi connectivity index (χ3n) is 4.30. The molecule has 3 rings (SSSR count). The van der Waals surface area contributed by atoms with Crippen molar-refractivity contribution in [2.45, 2.75) is 19.8 Å². The van der Waals surface area contributed by atoms with Crippen molar-refractivity contribution in [1.82, 2.24) is 15.1 Å². The van der Waals surface area contributed by atoms with Gasteiger partial charge in [0.05, 0.1) is 7.11 Å². The lowest BCUT2D eigenvalue weighted by molar-refractivity contribution is -0.132. The van der Waals surface area contributed by atoms with Crippen LogP contribution in [-0.4, -0.2) is 47.1 Å². The van der Waals surface area contributed by atoms with E-state index in [9.17, 15) is 9.59 Å². The van der Waals surface area contributed by atoms with Crippen LogP contribution in [0, 0.1) is 5.92 Å². The molecule has 1 aromatic carbocycles. The highest BCUT2D eigenvalue weighted by molar-refractivity contribution is 7.18. The minimum Gasteiger partial charge on any atom is -0.497 e. The largest absolute Gasteiger partial charge is 0.497 e. The van der Waals surface area contributed by atoms with Crippen molar-refractivity contribution in [3.05, 3.63) is 24.3 Å². The van der Waals surface area contributed by atoms with Crippen LogP contribution in [0.3, 0.4) is 0 Å². The fraction of sp³-hybridized carbons (Fsp3) is 0.412. The summed E-state index contributed by atoms with van der Waals surface area (Å²) in [5.74, 6) is 0.690. The smallest absolute Gasteiger partial charge is 0.229 e. The highest BCUT2D eigenvalue weighted by Gasteiger charge is 2.26. The zero-order valence-electron chi connectivity index (χ0n) is 14.2. The van der Waals surface area contributed by atoms with Crippen LogP contribution in [0.25, 0.3) is 10.6 Å².